The molecule has 1 heterocycles. The van der Waals surface area contributed by atoms with E-state index >= 15 is 0 Å². The average Bonchev–Trinajstić information content (AvgIpc) is 2.77. The SMILES string of the molecule is COC(=O)[C@@H](NC(=O)CN(C)C)c1ccsc1. The standard InChI is InChI=1S/C11H16N2O3S/c1-13(2)6-9(14)12-10(11(15)16-3)8-4-5-17-7-8/h4-5,7,10H,6H2,1-3H3,(H,12,14)/t10-/m0/s1. The van der Waals surface area contributed by atoms with Crippen LogP contribution in [0.4, 0.5) is 0 Å². The Morgan fingerprint density at radius 3 is 2.71 bits per heavy atom. The Bertz CT molecular complexity index is 376. The van der Waals surface area contributed by atoms with Gasteiger partial charge in [-0.25, -0.2) is 4.79 Å². The molecule has 0 aromatic carbocycles. The normalized spacial score (nSPS) is 12.2. The van der Waals surface area contributed by atoms with E-state index in [2.05, 4.69) is 10.1 Å². The van der Waals surface area contributed by atoms with E-state index in [0.717, 1.165) is 5.56 Å². The van der Waals surface area contributed by atoms with Crippen LogP contribution in [0.25, 0.3) is 0 Å². The van der Waals surface area contributed by atoms with Crippen LogP contribution in [-0.4, -0.2) is 44.5 Å². The van der Waals surface area contributed by atoms with E-state index in [1.54, 1.807) is 25.1 Å². The highest BCUT2D eigenvalue weighted by Crippen LogP contribution is 2.17. The summed E-state index contributed by atoms with van der Waals surface area (Å²) in [5, 5.41) is 6.32. The zero-order chi connectivity index (χ0) is 12.8. The second-order valence-electron chi connectivity index (χ2n) is 3.82. The molecule has 1 rings (SSSR count). The molecule has 0 aliphatic rings. The Kier molecular flexibility index (Phi) is 5.11. The summed E-state index contributed by atoms with van der Waals surface area (Å²) in [6.45, 7) is 0.234. The molecule has 0 saturated heterocycles. The van der Waals surface area contributed by atoms with Crippen molar-refractivity contribution in [3.8, 4) is 0 Å². The molecular weight excluding hydrogens is 240 g/mol. The molecule has 0 radical (unpaired) electrons. The summed E-state index contributed by atoms with van der Waals surface area (Å²) in [7, 11) is 4.88. The van der Waals surface area contributed by atoms with Crippen molar-refractivity contribution in [1.29, 1.82) is 0 Å². The summed E-state index contributed by atoms with van der Waals surface area (Å²) in [5.74, 6) is -0.674. The summed E-state index contributed by atoms with van der Waals surface area (Å²) < 4.78 is 4.68. The molecule has 0 unspecified atom stereocenters. The molecule has 0 bridgehead atoms. The van der Waals surface area contributed by atoms with Crippen molar-refractivity contribution in [2.45, 2.75) is 6.04 Å². The molecule has 0 saturated carbocycles. The van der Waals surface area contributed by atoms with E-state index in [9.17, 15) is 9.59 Å². The van der Waals surface area contributed by atoms with Gasteiger partial charge in [0, 0.05) is 0 Å². The van der Waals surface area contributed by atoms with E-state index in [-0.39, 0.29) is 12.5 Å². The first-order valence-corrected chi connectivity index (χ1v) is 6.03. The van der Waals surface area contributed by atoms with Gasteiger partial charge in [0.25, 0.3) is 0 Å². The summed E-state index contributed by atoms with van der Waals surface area (Å²) in [6, 6.07) is 1.07. The molecule has 1 aromatic heterocycles. The first-order valence-electron chi connectivity index (χ1n) is 5.08. The van der Waals surface area contributed by atoms with Crippen molar-refractivity contribution in [2.24, 2.45) is 0 Å². The second kappa shape index (κ2) is 6.36. The molecule has 0 aliphatic carbocycles. The van der Waals surface area contributed by atoms with Crippen LogP contribution < -0.4 is 5.32 Å². The summed E-state index contributed by atoms with van der Waals surface area (Å²) in [4.78, 5) is 24.9. The molecule has 0 aliphatic heterocycles. The lowest BCUT2D eigenvalue weighted by Crippen LogP contribution is -2.39. The third kappa shape index (κ3) is 4.16. The highest BCUT2D eigenvalue weighted by atomic mass is 32.1. The second-order valence-corrected chi connectivity index (χ2v) is 4.60. The number of carbonyl (C=O) groups is 2. The number of nitrogens with zero attached hydrogens (tertiary/aromatic N) is 1. The van der Waals surface area contributed by atoms with Gasteiger partial charge >= 0.3 is 5.97 Å². The third-order valence-electron chi connectivity index (χ3n) is 2.08. The minimum absolute atomic E-state index is 0.211. The molecule has 94 valence electrons. The number of thiophene rings is 1. The number of carbonyl (C=O) groups excluding carboxylic acids is 2. The number of hydrogen-bond acceptors (Lipinski definition) is 5. The van der Waals surface area contributed by atoms with Crippen LogP contribution in [0.15, 0.2) is 16.8 Å². The molecule has 1 N–H and O–H groups in total. The van der Waals surface area contributed by atoms with Crippen molar-refractivity contribution in [3.63, 3.8) is 0 Å². The van der Waals surface area contributed by atoms with Crippen LogP contribution in [-0.2, 0) is 14.3 Å². The Morgan fingerprint density at radius 2 is 2.24 bits per heavy atom. The highest BCUT2D eigenvalue weighted by molar-refractivity contribution is 7.08. The van der Waals surface area contributed by atoms with Gasteiger partial charge in [0.05, 0.1) is 13.7 Å². The van der Waals surface area contributed by atoms with Gasteiger partial charge in [-0.3, -0.25) is 4.79 Å². The number of likely N-dealkylation sites (N-methyl/N-ethyl adjacent to an activating group) is 1. The topological polar surface area (TPSA) is 58.6 Å². The molecular formula is C11H16N2O3S. The molecule has 0 spiro atoms. The fourth-order valence-electron chi connectivity index (χ4n) is 1.33. The van der Waals surface area contributed by atoms with Crippen molar-refractivity contribution < 1.29 is 14.3 Å². The van der Waals surface area contributed by atoms with E-state index in [1.807, 2.05) is 10.8 Å². The fourth-order valence-corrected chi connectivity index (χ4v) is 2.02. The molecule has 1 aromatic rings. The first-order chi connectivity index (χ1) is 8.04. The van der Waals surface area contributed by atoms with Gasteiger partial charge in [-0.2, -0.15) is 11.3 Å². The maximum absolute atomic E-state index is 11.6. The Labute approximate surface area is 104 Å². The minimum Gasteiger partial charge on any atom is -0.467 e. The molecule has 1 atom stereocenters. The van der Waals surface area contributed by atoms with Crippen molar-refractivity contribution in [3.05, 3.63) is 22.4 Å². The van der Waals surface area contributed by atoms with Gasteiger partial charge in [-0.1, -0.05) is 0 Å². The largest absolute Gasteiger partial charge is 0.467 e. The predicted molar refractivity (Wildman–Crippen MR) is 65.8 cm³/mol. The van der Waals surface area contributed by atoms with E-state index in [1.165, 1.54) is 18.4 Å². The molecule has 17 heavy (non-hydrogen) atoms. The van der Waals surface area contributed by atoms with Gasteiger partial charge in [0.15, 0.2) is 6.04 Å². The number of ether oxygens (including phenoxy) is 1. The Hall–Kier alpha value is -1.40. The van der Waals surface area contributed by atoms with Gasteiger partial charge in [0.2, 0.25) is 5.91 Å². The lowest BCUT2D eigenvalue weighted by atomic mass is 10.1. The van der Waals surface area contributed by atoms with Crippen LogP contribution >= 0.6 is 11.3 Å². The van der Waals surface area contributed by atoms with Gasteiger partial charge in [-0.05, 0) is 36.5 Å². The average molecular weight is 256 g/mol. The lowest BCUT2D eigenvalue weighted by molar-refractivity contribution is -0.145. The molecule has 6 heteroatoms. The van der Waals surface area contributed by atoms with Gasteiger partial charge in [0.1, 0.15) is 0 Å². The smallest absolute Gasteiger partial charge is 0.333 e. The van der Waals surface area contributed by atoms with Crippen molar-refractivity contribution >= 4 is 23.2 Å². The number of amides is 1. The Balaban J connectivity index is 2.72. The third-order valence-corrected chi connectivity index (χ3v) is 2.78. The number of hydrogen-bond donors (Lipinski definition) is 1. The zero-order valence-corrected chi connectivity index (χ0v) is 10.9. The summed E-state index contributed by atoms with van der Waals surface area (Å²) >= 11 is 1.47. The summed E-state index contributed by atoms with van der Waals surface area (Å²) in [6.07, 6.45) is 0. The Morgan fingerprint density at radius 1 is 1.53 bits per heavy atom. The van der Waals surface area contributed by atoms with E-state index < -0.39 is 12.0 Å². The quantitative estimate of drug-likeness (QED) is 0.785. The fraction of sp³-hybridized carbons (Fsp3) is 0.455. The number of esters is 1. The number of methoxy groups -OCH3 is 1. The predicted octanol–water partition coefficient (Wildman–Crippen LogP) is 0.640. The molecule has 0 fully saturated rings. The zero-order valence-electron chi connectivity index (χ0n) is 10.1. The summed E-state index contributed by atoms with van der Waals surface area (Å²) in [5.41, 5.74) is 0.744. The van der Waals surface area contributed by atoms with Crippen molar-refractivity contribution in [2.75, 3.05) is 27.7 Å². The maximum atomic E-state index is 11.6. The van der Waals surface area contributed by atoms with Crippen LogP contribution in [0.3, 0.4) is 0 Å². The van der Waals surface area contributed by atoms with E-state index in [4.69, 9.17) is 0 Å². The van der Waals surface area contributed by atoms with Crippen molar-refractivity contribution in [1.82, 2.24) is 10.2 Å². The number of nitrogens with one attached hydrogen (secondary N) is 1. The maximum Gasteiger partial charge on any atom is 0.333 e. The monoisotopic (exact) mass is 256 g/mol. The molecule has 5 nitrogen and oxygen atoms in total. The van der Waals surface area contributed by atoms with Gasteiger partial charge < -0.3 is 15.0 Å². The minimum atomic E-state index is -0.723. The van der Waals surface area contributed by atoms with Gasteiger partial charge in [-0.15, -0.1) is 0 Å². The first kappa shape index (κ1) is 13.7. The lowest BCUT2D eigenvalue weighted by Gasteiger charge is -2.17. The van der Waals surface area contributed by atoms with Crippen LogP contribution in [0.5, 0.6) is 0 Å². The number of rotatable bonds is 5. The van der Waals surface area contributed by atoms with Crippen LogP contribution in [0.2, 0.25) is 0 Å². The van der Waals surface area contributed by atoms with Crippen LogP contribution in [0.1, 0.15) is 11.6 Å². The van der Waals surface area contributed by atoms with E-state index in [0.29, 0.717) is 0 Å². The highest BCUT2D eigenvalue weighted by Gasteiger charge is 2.23. The molecule has 1 amide bonds. The van der Waals surface area contributed by atoms with Crippen LogP contribution in [0, 0.1) is 0 Å².